The highest BCUT2D eigenvalue weighted by Crippen LogP contribution is 2.44. The predicted molar refractivity (Wildman–Crippen MR) is 119 cm³/mol. The summed E-state index contributed by atoms with van der Waals surface area (Å²) in [4.78, 5) is 28.2. The van der Waals surface area contributed by atoms with Gasteiger partial charge in [0.05, 0.1) is 31.3 Å². The first kappa shape index (κ1) is 20.8. The molecule has 1 N–H and O–H groups in total. The Balaban J connectivity index is 1.71. The zero-order chi connectivity index (χ0) is 22.2. The summed E-state index contributed by atoms with van der Waals surface area (Å²) in [6.07, 6.45) is -0.355. The normalized spacial score (nSPS) is 17.5. The van der Waals surface area contributed by atoms with Crippen molar-refractivity contribution in [2.75, 3.05) is 12.0 Å². The second kappa shape index (κ2) is 8.00. The van der Waals surface area contributed by atoms with Crippen LogP contribution in [0, 0.1) is 13.8 Å². The van der Waals surface area contributed by atoms with Gasteiger partial charge in [-0.15, -0.1) is 0 Å². The third kappa shape index (κ3) is 3.62. The number of amides is 1. The average Bonchev–Trinajstić information content (AvgIpc) is 2.98. The Morgan fingerprint density at radius 2 is 1.74 bits per heavy atom. The van der Waals surface area contributed by atoms with Crippen LogP contribution in [0.1, 0.15) is 39.0 Å². The van der Waals surface area contributed by atoms with Gasteiger partial charge < -0.3 is 14.7 Å². The maximum absolute atomic E-state index is 13.5. The Hall–Kier alpha value is -3.44. The summed E-state index contributed by atoms with van der Waals surface area (Å²) in [5, 5.41) is 11.5. The third-order valence-corrected chi connectivity index (χ3v) is 5.90. The van der Waals surface area contributed by atoms with Crippen molar-refractivity contribution in [2.24, 2.45) is 0 Å². The number of carbonyl (C=O) groups excluding carboxylic acids is 2. The average molecular weight is 415 g/mol. The lowest BCUT2D eigenvalue weighted by Gasteiger charge is -2.23. The zero-order valence-electron chi connectivity index (χ0n) is 17.9. The molecule has 4 rings (SSSR count). The fourth-order valence-corrected chi connectivity index (χ4v) is 4.18. The lowest BCUT2D eigenvalue weighted by molar-refractivity contribution is -0.136. The monoisotopic (exact) mass is 415 g/mol. The molecule has 1 aliphatic heterocycles. The number of nitrogens with zero attached hydrogens (tertiary/aromatic N) is 1. The highest BCUT2D eigenvalue weighted by Gasteiger charge is 2.51. The van der Waals surface area contributed by atoms with E-state index in [1.165, 1.54) is 7.11 Å². The Morgan fingerprint density at radius 3 is 2.52 bits per heavy atom. The van der Waals surface area contributed by atoms with Gasteiger partial charge in [-0.25, -0.2) is 0 Å². The molecule has 0 unspecified atom stereocenters. The molecule has 5 heteroatoms. The molecule has 0 bridgehead atoms. The number of rotatable bonds is 6. The molecule has 1 amide bonds. The molecule has 0 saturated heterocycles. The fourth-order valence-electron chi connectivity index (χ4n) is 4.18. The maximum atomic E-state index is 13.5. The second-order valence-corrected chi connectivity index (χ2v) is 8.00. The molecule has 1 aliphatic rings. The molecule has 3 aromatic carbocycles. The van der Waals surface area contributed by atoms with E-state index in [4.69, 9.17) is 4.74 Å². The Labute approximate surface area is 181 Å². The van der Waals surface area contributed by atoms with Gasteiger partial charge in [0.15, 0.2) is 11.4 Å². The number of ketones is 1. The minimum Gasteiger partial charge on any atom is -0.496 e. The quantitative estimate of drug-likeness (QED) is 0.609. The number of carbonyl (C=O) groups is 2. The molecule has 0 fully saturated rings. The van der Waals surface area contributed by atoms with Gasteiger partial charge in [-0.2, -0.15) is 0 Å². The first-order chi connectivity index (χ1) is 14.8. The van der Waals surface area contributed by atoms with Crippen LogP contribution < -0.4 is 9.64 Å². The number of aryl methyl sites for hydroxylation is 2. The van der Waals surface area contributed by atoms with Crippen LogP contribution in [0.2, 0.25) is 0 Å². The van der Waals surface area contributed by atoms with E-state index in [-0.39, 0.29) is 12.2 Å². The summed E-state index contributed by atoms with van der Waals surface area (Å²) in [7, 11) is 1.49. The van der Waals surface area contributed by atoms with Crippen LogP contribution in [0.3, 0.4) is 0 Å². The number of hydrogen-bond acceptors (Lipinski definition) is 4. The molecular weight excluding hydrogens is 390 g/mol. The first-order valence-corrected chi connectivity index (χ1v) is 10.2. The molecule has 1 atom stereocenters. The Kier molecular flexibility index (Phi) is 5.38. The Morgan fingerprint density at radius 1 is 1.03 bits per heavy atom. The Bertz CT molecular complexity index is 1170. The summed E-state index contributed by atoms with van der Waals surface area (Å²) in [6, 6.07) is 20.1. The molecule has 1 heterocycles. The van der Waals surface area contributed by atoms with E-state index in [2.05, 4.69) is 0 Å². The lowest BCUT2D eigenvalue weighted by Crippen LogP contribution is -2.41. The smallest absolute Gasteiger partial charge is 0.264 e. The van der Waals surface area contributed by atoms with Crippen molar-refractivity contribution in [1.82, 2.24) is 0 Å². The number of hydrogen-bond donors (Lipinski definition) is 1. The van der Waals surface area contributed by atoms with E-state index in [0.717, 1.165) is 16.7 Å². The van der Waals surface area contributed by atoms with Crippen molar-refractivity contribution in [3.05, 3.63) is 94.5 Å². The second-order valence-electron chi connectivity index (χ2n) is 8.00. The molecule has 0 saturated carbocycles. The van der Waals surface area contributed by atoms with Gasteiger partial charge in [0, 0.05) is 5.56 Å². The van der Waals surface area contributed by atoms with Crippen LogP contribution in [-0.2, 0) is 16.9 Å². The summed E-state index contributed by atoms with van der Waals surface area (Å²) in [5.74, 6) is -0.420. The van der Waals surface area contributed by atoms with E-state index < -0.39 is 11.5 Å². The van der Waals surface area contributed by atoms with E-state index in [1.807, 2.05) is 44.2 Å². The topological polar surface area (TPSA) is 66.8 Å². The number of Topliss-reactive ketones (excluding diaryl/α,β-unsaturated/α-hetero) is 1. The lowest BCUT2D eigenvalue weighted by atomic mass is 9.88. The van der Waals surface area contributed by atoms with Gasteiger partial charge >= 0.3 is 0 Å². The van der Waals surface area contributed by atoms with Crippen molar-refractivity contribution < 1.29 is 19.4 Å². The number of aliphatic hydroxyl groups is 1. The van der Waals surface area contributed by atoms with E-state index in [9.17, 15) is 14.7 Å². The number of ether oxygens (including phenoxy) is 1. The summed E-state index contributed by atoms with van der Waals surface area (Å²) in [6.45, 7) is 4.33. The van der Waals surface area contributed by atoms with Crippen molar-refractivity contribution in [3.8, 4) is 5.75 Å². The zero-order valence-corrected chi connectivity index (χ0v) is 17.9. The van der Waals surface area contributed by atoms with Gasteiger partial charge in [0.1, 0.15) is 5.75 Å². The largest absolute Gasteiger partial charge is 0.496 e. The van der Waals surface area contributed by atoms with Crippen molar-refractivity contribution in [2.45, 2.75) is 32.4 Å². The molecule has 0 radical (unpaired) electrons. The highest BCUT2D eigenvalue weighted by atomic mass is 16.5. The molecule has 0 spiro atoms. The maximum Gasteiger partial charge on any atom is 0.264 e. The first-order valence-electron chi connectivity index (χ1n) is 10.2. The van der Waals surface area contributed by atoms with Crippen LogP contribution in [0.4, 0.5) is 5.69 Å². The molecule has 31 heavy (non-hydrogen) atoms. The van der Waals surface area contributed by atoms with Crippen LogP contribution in [-0.4, -0.2) is 23.9 Å². The van der Waals surface area contributed by atoms with Gasteiger partial charge in [-0.05, 0) is 43.2 Å². The summed E-state index contributed by atoms with van der Waals surface area (Å²) in [5.41, 5.74) is 2.67. The van der Waals surface area contributed by atoms with Crippen LogP contribution in [0.5, 0.6) is 5.75 Å². The van der Waals surface area contributed by atoms with Crippen LogP contribution in [0.25, 0.3) is 0 Å². The summed E-state index contributed by atoms with van der Waals surface area (Å²) >= 11 is 0. The van der Waals surface area contributed by atoms with Gasteiger partial charge in [-0.1, -0.05) is 54.1 Å². The van der Waals surface area contributed by atoms with E-state index in [0.29, 0.717) is 29.1 Å². The van der Waals surface area contributed by atoms with Gasteiger partial charge in [0.25, 0.3) is 5.91 Å². The molecular formula is C26H25NO4. The minimum absolute atomic E-state index is 0.328. The standard InChI is InChI=1S/C26H25NO4/c1-17-12-13-18(2)19(14-17)16-27-22-10-6-5-9-21(22)26(30,25(27)29)15-23(28)20-8-4-7-11-24(20)31-3/h4-14,30H,15-16H2,1-3H3/t26-/m1/s1. The highest BCUT2D eigenvalue weighted by molar-refractivity contribution is 6.11. The van der Waals surface area contributed by atoms with Crippen LogP contribution >= 0.6 is 0 Å². The number of fused-ring (bicyclic) bond motifs is 1. The molecule has 3 aromatic rings. The molecule has 0 aliphatic carbocycles. The SMILES string of the molecule is COc1ccccc1C(=O)C[C@]1(O)C(=O)N(Cc2cc(C)ccc2C)c2ccccc21. The fraction of sp³-hybridized carbons (Fsp3) is 0.231. The van der Waals surface area contributed by atoms with Gasteiger partial charge in [-0.3, -0.25) is 9.59 Å². The van der Waals surface area contributed by atoms with Gasteiger partial charge in [0.2, 0.25) is 0 Å². The number of para-hydroxylation sites is 2. The molecule has 0 aromatic heterocycles. The molecule has 158 valence electrons. The van der Waals surface area contributed by atoms with Crippen molar-refractivity contribution >= 4 is 17.4 Å². The van der Waals surface area contributed by atoms with Crippen LogP contribution in [0.15, 0.2) is 66.7 Å². The third-order valence-electron chi connectivity index (χ3n) is 5.90. The summed E-state index contributed by atoms with van der Waals surface area (Å²) < 4.78 is 5.29. The predicted octanol–water partition coefficient (Wildman–Crippen LogP) is 4.32. The number of anilines is 1. The van der Waals surface area contributed by atoms with E-state index in [1.54, 1.807) is 41.3 Å². The van der Waals surface area contributed by atoms with E-state index >= 15 is 0 Å². The number of benzene rings is 3. The van der Waals surface area contributed by atoms with Crippen molar-refractivity contribution in [3.63, 3.8) is 0 Å². The molecule has 5 nitrogen and oxygen atoms in total. The number of methoxy groups -OCH3 is 1. The minimum atomic E-state index is -1.92. The van der Waals surface area contributed by atoms with Crippen molar-refractivity contribution in [1.29, 1.82) is 0 Å².